The van der Waals surface area contributed by atoms with E-state index in [-0.39, 0.29) is 6.04 Å². The minimum Gasteiger partial charge on any atom is -0.480 e. The number of hydrogen-bond donors (Lipinski definition) is 1. The molecule has 21 heavy (non-hydrogen) atoms. The SMILES string of the molecule is CCCNC(c1cccc(Br)c1Cl)c1nccnc1OC. The van der Waals surface area contributed by atoms with Gasteiger partial charge in [-0.1, -0.05) is 30.7 Å². The van der Waals surface area contributed by atoms with Crippen molar-refractivity contribution in [2.45, 2.75) is 19.4 Å². The first kappa shape index (κ1) is 16.2. The zero-order valence-corrected chi connectivity index (χ0v) is 14.3. The molecular formula is C15H17BrClN3O. The van der Waals surface area contributed by atoms with E-state index in [1.54, 1.807) is 19.5 Å². The number of hydrogen-bond acceptors (Lipinski definition) is 4. The molecule has 0 aliphatic carbocycles. The summed E-state index contributed by atoms with van der Waals surface area (Å²) in [4.78, 5) is 8.65. The summed E-state index contributed by atoms with van der Waals surface area (Å²) < 4.78 is 6.18. The van der Waals surface area contributed by atoms with Crippen molar-refractivity contribution in [3.63, 3.8) is 0 Å². The Balaban J connectivity index is 2.50. The summed E-state index contributed by atoms with van der Waals surface area (Å²) in [6.07, 6.45) is 4.27. The average molecular weight is 371 g/mol. The van der Waals surface area contributed by atoms with Gasteiger partial charge in [-0.15, -0.1) is 0 Å². The van der Waals surface area contributed by atoms with Crippen LogP contribution in [0.25, 0.3) is 0 Å². The lowest BCUT2D eigenvalue weighted by Crippen LogP contribution is -2.25. The monoisotopic (exact) mass is 369 g/mol. The number of ether oxygens (including phenoxy) is 1. The summed E-state index contributed by atoms with van der Waals surface area (Å²) in [7, 11) is 1.59. The average Bonchev–Trinajstić information content (AvgIpc) is 2.52. The highest BCUT2D eigenvalue weighted by Crippen LogP contribution is 2.34. The van der Waals surface area contributed by atoms with Crippen molar-refractivity contribution in [3.05, 3.63) is 51.3 Å². The van der Waals surface area contributed by atoms with Crippen LogP contribution in [0, 0.1) is 0 Å². The van der Waals surface area contributed by atoms with Crippen molar-refractivity contribution in [2.75, 3.05) is 13.7 Å². The molecule has 112 valence electrons. The van der Waals surface area contributed by atoms with Gasteiger partial charge in [0.2, 0.25) is 5.88 Å². The molecule has 1 atom stereocenters. The maximum atomic E-state index is 6.44. The summed E-state index contributed by atoms with van der Waals surface area (Å²) in [5.74, 6) is 0.502. The summed E-state index contributed by atoms with van der Waals surface area (Å²) >= 11 is 9.90. The molecule has 1 aromatic carbocycles. The Hall–Kier alpha value is -1.17. The second-order valence-corrected chi connectivity index (χ2v) is 5.71. The van der Waals surface area contributed by atoms with E-state index >= 15 is 0 Å². The van der Waals surface area contributed by atoms with Crippen molar-refractivity contribution in [2.24, 2.45) is 0 Å². The van der Waals surface area contributed by atoms with Crippen LogP contribution in [0.15, 0.2) is 35.1 Å². The standard InChI is InChI=1S/C15H17BrClN3O/c1-3-7-18-13(10-5-4-6-11(16)12(10)17)14-15(21-2)20-9-8-19-14/h4-6,8-9,13,18H,3,7H2,1-2H3. The van der Waals surface area contributed by atoms with Gasteiger partial charge in [-0.2, -0.15) is 0 Å². The maximum Gasteiger partial charge on any atom is 0.237 e. The highest BCUT2D eigenvalue weighted by molar-refractivity contribution is 9.10. The molecule has 1 N–H and O–H groups in total. The third-order valence-corrected chi connectivity index (χ3v) is 4.36. The molecule has 0 amide bonds. The topological polar surface area (TPSA) is 47.0 Å². The van der Waals surface area contributed by atoms with Gasteiger partial charge >= 0.3 is 0 Å². The van der Waals surface area contributed by atoms with Crippen LogP contribution in [0.1, 0.15) is 30.6 Å². The predicted octanol–water partition coefficient (Wildman–Crippen LogP) is 3.99. The van der Waals surface area contributed by atoms with Crippen molar-refractivity contribution in [1.29, 1.82) is 0 Å². The zero-order chi connectivity index (χ0) is 15.2. The number of methoxy groups -OCH3 is 1. The number of rotatable bonds is 6. The van der Waals surface area contributed by atoms with E-state index in [1.807, 2.05) is 18.2 Å². The van der Waals surface area contributed by atoms with Crippen LogP contribution in [0.5, 0.6) is 5.88 Å². The van der Waals surface area contributed by atoms with Crippen LogP contribution >= 0.6 is 27.5 Å². The van der Waals surface area contributed by atoms with Gasteiger partial charge in [0, 0.05) is 16.9 Å². The van der Waals surface area contributed by atoms with E-state index in [0.717, 1.165) is 28.7 Å². The second kappa shape index (κ2) is 7.73. The molecule has 1 heterocycles. The Kier molecular flexibility index (Phi) is 5.96. The minimum atomic E-state index is -0.168. The van der Waals surface area contributed by atoms with E-state index in [0.29, 0.717) is 10.9 Å². The maximum absolute atomic E-state index is 6.44. The van der Waals surface area contributed by atoms with Gasteiger partial charge in [0.25, 0.3) is 0 Å². The first-order valence-corrected chi connectivity index (χ1v) is 7.88. The number of nitrogens with one attached hydrogen (secondary N) is 1. The molecule has 0 saturated heterocycles. The van der Waals surface area contributed by atoms with Crippen molar-refractivity contribution >= 4 is 27.5 Å². The van der Waals surface area contributed by atoms with Gasteiger partial charge in [-0.25, -0.2) is 4.98 Å². The quantitative estimate of drug-likeness (QED) is 0.835. The Morgan fingerprint density at radius 3 is 2.81 bits per heavy atom. The van der Waals surface area contributed by atoms with Crippen LogP contribution < -0.4 is 10.1 Å². The molecule has 0 saturated carbocycles. The highest BCUT2D eigenvalue weighted by atomic mass is 79.9. The van der Waals surface area contributed by atoms with Gasteiger partial charge in [0.1, 0.15) is 5.69 Å². The van der Waals surface area contributed by atoms with Crippen molar-refractivity contribution < 1.29 is 4.74 Å². The number of halogens is 2. The lowest BCUT2D eigenvalue weighted by atomic mass is 10.0. The van der Waals surface area contributed by atoms with E-state index < -0.39 is 0 Å². The summed E-state index contributed by atoms with van der Waals surface area (Å²) in [5.41, 5.74) is 1.67. The van der Waals surface area contributed by atoms with Crippen LogP contribution in [0.2, 0.25) is 5.02 Å². The molecule has 0 aliphatic heterocycles. The van der Waals surface area contributed by atoms with Gasteiger partial charge in [0.15, 0.2) is 0 Å². The zero-order valence-electron chi connectivity index (χ0n) is 11.9. The molecule has 0 aliphatic rings. The lowest BCUT2D eigenvalue weighted by Gasteiger charge is -2.21. The molecule has 0 radical (unpaired) electrons. The van der Waals surface area contributed by atoms with Crippen LogP contribution in [0.4, 0.5) is 0 Å². The number of nitrogens with zero attached hydrogens (tertiary/aromatic N) is 2. The molecular weight excluding hydrogens is 354 g/mol. The fraction of sp³-hybridized carbons (Fsp3) is 0.333. The Morgan fingerprint density at radius 2 is 2.10 bits per heavy atom. The van der Waals surface area contributed by atoms with Crippen LogP contribution in [0.3, 0.4) is 0 Å². The Bertz CT molecular complexity index is 609. The molecule has 2 rings (SSSR count). The largest absolute Gasteiger partial charge is 0.480 e. The van der Waals surface area contributed by atoms with Gasteiger partial charge in [0.05, 0.1) is 18.2 Å². The minimum absolute atomic E-state index is 0.168. The van der Waals surface area contributed by atoms with E-state index in [2.05, 4.69) is 38.1 Å². The Labute approximate surface area is 138 Å². The van der Waals surface area contributed by atoms with Crippen molar-refractivity contribution in [3.8, 4) is 5.88 Å². The van der Waals surface area contributed by atoms with E-state index in [1.165, 1.54) is 0 Å². The summed E-state index contributed by atoms with van der Waals surface area (Å²) in [6, 6.07) is 5.68. The molecule has 6 heteroatoms. The van der Waals surface area contributed by atoms with Gasteiger partial charge < -0.3 is 10.1 Å². The molecule has 0 spiro atoms. The van der Waals surface area contributed by atoms with Gasteiger partial charge in [-0.05, 0) is 40.5 Å². The van der Waals surface area contributed by atoms with Crippen LogP contribution in [-0.2, 0) is 0 Å². The number of benzene rings is 1. The van der Waals surface area contributed by atoms with Crippen LogP contribution in [-0.4, -0.2) is 23.6 Å². The molecule has 0 fully saturated rings. The predicted molar refractivity (Wildman–Crippen MR) is 87.9 cm³/mol. The second-order valence-electron chi connectivity index (χ2n) is 4.48. The number of aromatic nitrogens is 2. The first-order valence-electron chi connectivity index (χ1n) is 6.71. The Morgan fingerprint density at radius 1 is 1.33 bits per heavy atom. The normalized spacial score (nSPS) is 12.2. The third-order valence-electron chi connectivity index (χ3n) is 3.05. The van der Waals surface area contributed by atoms with E-state index in [4.69, 9.17) is 16.3 Å². The van der Waals surface area contributed by atoms with Gasteiger partial charge in [-0.3, -0.25) is 4.98 Å². The van der Waals surface area contributed by atoms with E-state index in [9.17, 15) is 0 Å². The summed E-state index contributed by atoms with van der Waals surface area (Å²) in [5, 5.41) is 4.12. The molecule has 4 nitrogen and oxygen atoms in total. The molecule has 1 aromatic heterocycles. The highest BCUT2D eigenvalue weighted by Gasteiger charge is 2.23. The first-order chi connectivity index (χ1) is 10.2. The fourth-order valence-corrected chi connectivity index (χ4v) is 2.69. The smallest absolute Gasteiger partial charge is 0.237 e. The molecule has 2 aromatic rings. The lowest BCUT2D eigenvalue weighted by molar-refractivity contribution is 0.382. The third kappa shape index (κ3) is 3.73. The fourth-order valence-electron chi connectivity index (χ4n) is 2.08. The molecule has 1 unspecified atom stereocenters. The summed E-state index contributed by atoms with van der Waals surface area (Å²) in [6.45, 7) is 2.95. The molecule has 0 bridgehead atoms. The van der Waals surface area contributed by atoms with Crippen molar-refractivity contribution in [1.82, 2.24) is 15.3 Å².